The third-order valence-electron chi connectivity index (χ3n) is 4.21. The van der Waals surface area contributed by atoms with Crippen LogP contribution in [0.15, 0.2) is 40.6 Å². The normalized spacial score (nSPS) is 16.4. The van der Waals surface area contributed by atoms with Gasteiger partial charge in [0.1, 0.15) is 0 Å². The number of hydrogen-bond acceptors (Lipinski definition) is 5. The molecule has 6 nitrogen and oxygen atoms in total. The number of amides is 1. The van der Waals surface area contributed by atoms with Gasteiger partial charge in [-0.1, -0.05) is 0 Å². The number of fused-ring (bicyclic) bond motifs is 1. The van der Waals surface area contributed by atoms with Crippen molar-refractivity contribution >= 4 is 33.0 Å². The minimum atomic E-state index is -3.72. The van der Waals surface area contributed by atoms with E-state index < -0.39 is 10.0 Å². The van der Waals surface area contributed by atoms with Gasteiger partial charge >= 0.3 is 0 Å². The van der Waals surface area contributed by atoms with Crippen LogP contribution in [0.2, 0.25) is 0 Å². The number of thiophene rings is 1. The van der Waals surface area contributed by atoms with Gasteiger partial charge in [-0.15, -0.1) is 11.3 Å². The summed E-state index contributed by atoms with van der Waals surface area (Å²) in [6.07, 6.45) is 0.966. The van der Waals surface area contributed by atoms with Crippen LogP contribution in [0.1, 0.15) is 17.4 Å². The molecule has 0 fully saturated rings. The van der Waals surface area contributed by atoms with Gasteiger partial charge in [0.2, 0.25) is 15.9 Å². The Morgan fingerprint density at radius 1 is 1.29 bits per heavy atom. The van der Waals surface area contributed by atoms with E-state index in [4.69, 9.17) is 5.14 Å². The number of primary sulfonamides is 1. The molecule has 1 aliphatic rings. The van der Waals surface area contributed by atoms with Crippen LogP contribution in [0.5, 0.6) is 0 Å². The number of nitrogens with two attached hydrogens (primary N) is 1. The summed E-state index contributed by atoms with van der Waals surface area (Å²) >= 11 is 1.77. The number of nitrogens with one attached hydrogen (secondary N) is 1. The van der Waals surface area contributed by atoms with Crippen LogP contribution in [-0.4, -0.2) is 31.8 Å². The molecule has 1 amide bonds. The van der Waals surface area contributed by atoms with Crippen LogP contribution >= 0.6 is 11.3 Å². The smallest absolute Gasteiger partial charge is 0.241 e. The molecule has 1 aromatic heterocycles. The third-order valence-corrected chi connectivity index (χ3v) is 6.17. The second-order valence-corrected chi connectivity index (χ2v) is 8.39. The van der Waals surface area contributed by atoms with Crippen LogP contribution in [0, 0.1) is 0 Å². The summed E-state index contributed by atoms with van der Waals surface area (Å²) in [4.78, 5) is 16.0. The number of nitrogens with zero attached hydrogens (tertiary/aromatic N) is 1. The molecule has 0 saturated carbocycles. The fraction of sp³-hybridized carbons (Fsp3) is 0.312. The molecular weight excluding hydrogens is 346 g/mol. The van der Waals surface area contributed by atoms with Crippen molar-refractivity contribution in [2.24, 2.45) is 5.14 Å². The molecule has 1 aliphatic heterocycles. The molecule has 3 rings (SSSR count). The maximum absolute atomic E-state index is 12.5. The SMILES string of the molecule is C[C@@H](C(=O)Nc1ccc(S(N)(=O)=O)cc1)N1CCc2sccc2C1. The van der Waals surface area contributed by atoms with Crippen molar-refractivity contribution in [2.75, 3.05) is 11.9 Å². The topological polar surface area (TPSA) is 92.5 Å². The van der Waals surface area contributed by atoms with Gasteiger partial charge in [-0.3, -0.25) is 9.69 Å². The fourth-order valence-corrected chi connectivity index (χ4v) is 4.15. The molecule has 1 atom stereocenters. The molecule has 0 unspecified atom stereocenters. The first-order valence-electron chi connectivity index (χ1n) is 7.57. The average Bonchev–Trinajstić information content (AvgIpc) is 3.01. The molecule has 8 heteroatoms. The van der Waals surface area contributed by atoms with Crippen LogP contribution in [-0.2, 0) is 27.8 Å². The van der Waals surface area contributed by atoms with E-state index in [-0.39, 0.29) is 16.8 Å². The molecule has 3 N–H and O–H groups in total. The number of benzene rings is 1. The highest BCUT2D eigenvalue weighted by Crippen LogP contribution is 2.25. The molecular formula is C16H19N3O3S2. The van der Waals surface area contributed by atoms with Crippen LogP contribution in [0.3, 0.4) is 0 Å². The number of hydrogen-bond donors (Lipinski definition) is 2. The van der Waals surface area contributed by atoms with Crippen LogP contribution in [0.25, 0.3) is 0 Å². The lowest BCUT2D eigenvalue weighted by Crippen LogP contribution is -2.44. The van der Waals surface area contributed by atoms with Crippen LogP contribution < -0.4 is 10.5 Å². The second kappa shape index (κ2) is 6.64. The van der Waals surface area contributed by atoms with Gasteiger partial charge in [0.05, 0.1) is 10.9 Å². The van der Waals surface area contributed by atoms with Crippen molar-refractivity contribution in [3.8, 4) is 0 Å². The standard InChI is InChI=1S/C16H19N3O3S2/c1-11(19-8-6-15-12(10-19)7-9-23-15)16(20)18-13-2-4-14(5-3-13)24(17,21)22/h2-5,7,9,11H,6,8,10H2,1H3,(H,18,20)(H2,17,21,22)/t11-/m0/s1. The molecule has 1 aromatic carbocycles. The maximum Gasteiger partial charge on any atom is 0.241 e. The summed E-state index contributed by atoms with van der Waals surface area (Å²) in [7, 11) is -3.72. The minimum absolute atomic E-state index is 0.0227. The van der Waals surface area contributed by atoms with Crippen molar-refractivity contribution < 1.29 is 13.2 Å². The van der Waals surface area contributed by atoms with E-state index in [0.717, 1.165) is 19.5 Å². The molecule has 2 heterocycles. The highest BCUT2D eigenvalue weighted by Gasteiger charge is 2.25. The number of rotatable bonds is 4. The Balaban J connectivity index is 1.64. The second-order valence-electron chi connectivity index (χ2n) is 5.82. The van der Waals surface area contributed by atoms with Crippen molar-refractivity contribution in [3.63, 3.8) is 0 Å². The Morgan fingerprint density at radius 3 is 2.67 bits per heavy atom. The molecule has 0 aliphatic carbocycles. The van der Waals surface area contributed by atoms with Gasteiger partial charge in [-0.2, -0.15) is 0 Å². The van der Waals surface area contributed by atoms with Gasteiger partial charge in [0, 0.05) is 23.7 Å². The molecule has 0 bridgehead atoms. The van der Waals surface area contributed by atoms with Crippen molar-refractivity contribution in [1.82, 2.24) is 4.90 Å². The van der Waals surface area contributed by atoms with E-state index >= 15 is 0 Å². The van der Waals surface area contributed by atoms with Crippen molar-refractivity contribution in [1.29, 1.82) is 0 Å². The number of carbonyl (C=O) groups excluding carboxylic acids is 1. The highest BCUT2D eigenvalue weighted by atomic mass is 32.2. The maximum atomic E-state index is 12.5. The fourth-order valence-electron chi connectivity index (χ4n) is 2.74. The Morgan fingerprint density at radius 2 is 2.00 bits per heavy atom. The van der Waals surface area contributed by atoms with Gasteiger partial charge in [0.25, 0.3) is 0 Å². The van der Waals surface area contributed by atoms with Crippen molar-refractivity contribution in [3.05, 3.63) is 46.2 Å². The first kappa shape index (κ1) is 17.1. The van der Waals surface area contributed by atoms with Gasteiger partial charge in [0.15, 0.2) is 0 Å². The zero-order chi connectivity index (χ0) is 17.3. The lowest BCUT2D eigenvalue weighted by Gasteiger charge is -2.31. The number of anilines is 1. The van der Waals surface area contributed by atoms with E-state index in [2.05, 4.69) is 21.7 Å². The molecule has 128 valence electrons. The van der Waals surface area contributed by atoms with Crippen molar-refractivity contribution in [2.45, 2.75) is 30.8 Å². The predicted octanol–water partition coefficient (Wildman–Crippen LogP) is 1.78. The average molecular weight is 365 g/mol. The Bertz CT molecular complexity index is 844. The summed E-state index contributed by atoms with van der Waals surface area (Å²) in [6.45, 7) is 3.51. The Labute approximate surface area is 145 Å². The quantitative estimate of drug-likeness (QED) is 0.864. The zero-order valence-corrected chi connectivity index (χ0v) is 14.9. The lowest BCUT2D eigenvalue weighted by atomic mass is 10.1. The lowest BCUT2D eigenvalue weighted by molar-refractivity contribution is -0.121. The first-order chi connectivity index (χ1) is 11.3. The van der Waals surface area contributed by atoms with Gasteiger partial charge < -0.3 is 5.32 Å². The molecule has 24 heavy (non-hydrogen) atoms. The van der Waals surface area contributed by atoms with Gasteiger partial charge in [-0.05, 0) is 54.6 Å². The molecule has 0 radical (unpaired) electrons. The predicted molar refractivity (Wildman–Crippen MR) is 94.3 cm³/mol. The third kappa shape index (κ3) is 3.67. The summed E-state index contributed by atoms with van der Waals surface area (Å²) in [5, 5.41) is 9.97. The summed E-state index contributed by atoms with van der Waals surface area (Å²) in [5.74, 6) is -0.114. The summed E-state index contributed by atoms with van der Waals surface area (Å²) < 4.78 is 22.5. The summed E-state index contributed by atoms with van der Waals surface area (Å²) in [5.41, 5.74) is 1.84. The van der Waals surface area contributed by atoms with Gasteiger partial charge in [-0.25, -0.2) is 13.6 Å². The van der Waals surface area contributed by atoms with E-state index in [1.54, 1.807) is 11.3 Å². The highest BCUT2D eigenvalue weighted by molar-refractivity contribution is 7.89. The van der Waals surface area contributed by atoms with E-state index in [1.807, 2.05) is 6.92 Å². The largest absolute Gasteiger partial charge is 0.325 e. The zero-order valence-electron chi connectivity index (χ0n) is 13.2. The van der Waals surface area contributed by atoms with E-state index in [9.17, 15) is 13.2 Å². The number of sulfonamides is 1. The molecule has 0 saturated heterocycles. The molecule has 2 aromatic rings. The van der Waals surface area contributed by atoms with E-state index in [1.165, 1.54) is 34.7 Å². The summed E-state index contributed by atoms with van der Waals surface area (Å²) in [6, 6.07) is 7.69. The van der Waals surface area contributed by atoms with E-state index in [0.29, 0.717) is 5.69 Å². The Kier molecular flexibility index (Phi) is 4.73. The first-order valence-corrected chi connectivity index (χ1v) is 10.0. The Hall–Kier alpha value is -1.74. The monoisotopic (exact) mass is 365 g/mol. The van der Waals surface area contributed by atoms with Crippen LogP contribution in [0.4, 0.5) is 5.69 Å². The molecule has 0 spiro atoms. The number of carbonyl (C=O) groups is 1. The minimum Gasteiger partial charge on any atom is -0.325 e.